The Morgan fingerprint density at radius 3 is 2.93 bits per heavy atom. The molecule has 0 radical (unpaired) electrons. The van der Waals surface area contributed by atoms with Crippen molar-refractivity contribution >= 4 is 38.9 Å². The van der Waals surface area contributed by atoms with Crippen molar-refractivity contribution in [3.63, 3.8) is 0 Å². The van der Waals surface area contributed by atoms with Gasteiger partial charge in [-0.2, -0.15) is 0 Å². The van der Waals surface area contributed by atoms with Gasteiger partial charge < -0.3 is 15.2 Å². The predicted molar refractivity (Wildman–Crippen MR) is 53.2 cm³/mol. The first kappa shape index (κ1) is 12.1. The van der Waals surface area contributed by atoms with Gasteiger partial charge in [-0.15, -0.1) is 11.3 Å². The summed E-state index contributed by atoms with van der Waals surface area (Å²) < 4.78 is 0.911. The molecule has 0 saturated carbocycles. The van der Waals surface area contributed by atoms with Gasteiger partial charge in [0, 0.05) is 12.1 Å². The van der Waals surface area contributed by atoms with Gasteiger partial charge in [0.1, 0.15) is 0 Å². The van der Waals surface area contributed by atoms with Gasteiger partial charge in [0.2, 0.25) is 0 Å². The van der Waals surface area contributed by atoms with Crippen molar-refractivity contribution in [2.75, 3.05) is 11.9 Å². The van der Waals surface area contributed by atoms with Crippen molar-refractivity contribution in [1.29, 1.82) is 0 Å². The van der Waals surface area contributed by atoms with E-state index in [1.165, 1.54) is 11.3 Å². The van der Waals surface area contributed by atoms with Crippen LogP contribution in [0.1, 0.15) is 21.7 Å². The molecular weight excluding hydrogens is 261 g/mol. The van der Waals surface area contributed by atoms with E-state index in [1.54, 1.807) is 0 Å². The number of rotatable bonds is 1. The van der Waals surface area contributed by atoms with Crippen LogP contribution in [0, 0.1) is 0 Å². The Bertz CT molecular complexity index is 366. The largest absolute Gasteiger partial charge is 1.00 e. The molecule has 1 aromatic heterocycles. The Balaban J connectivity index is 0.000000980. The zero-order valence-electron chi connectivity index (χ0n) is 7.72. The summed E-state index contributed by atoms with van der Waals surface area (Å²) in [5.74, 6) is -1.10. The van der Waals surface area contributed by atoms with E-state index in [4.69, 9.17) is 0 Å². The monoisotopic (exact) mass is 267 g/mol. The number of hydrogen-bond acceptors (Lipinski definition) is 4. The Morgan fingerprint density at radius 2 is 2.29 bits per heavy atom. The summed E-state index contributed by atoms with van der Waals surface area (Å²) in [4.78, 5) is 11.0. The number of carbonyl (C=O) groups is 1. The molecule has 0 atom stereocenters. The SMILES string of the molecule is O=C([O-])c1sc(Br)c2c1NCCC2.[Li+]. The minimum atomic E-state index is -1.10. The van der Waals surface area contributed by atoms with Gasteiger partial charge in [-0.1, -0.05) is 0 Å². The fraction of sp³-hybridized carbons (Fsp3) is 0.375. The van der Waals surface area contributed by atoms with Gasteiger partial charge in [-0.05, 0) is 28.8 Å². The molecule has 2 rings (SSSR count). The van der Waals surface area contributed by atoms with E-state index in [2.05, 4.69) is 21.2 Å². The number of carbonyl (C=O) groups excluding carboxylic acids is 1. The minimum absolute atomic E-state index is 0. The topological polar surface area (TPSA) is 52.2 Å². The van der Waals surface area contributed by atoms with Crippen molar-refractivity contribution < 1.29 is 28.8 Å². The number of thiophene rings is 1. The van der Waals surface area contributed by atoms with Crippen LogP contribution < -0.4 is 29.3 Å². The molecule has 0 fully saturated rings. The Hall–Kier alpha value is 0.0474. The number of fused-ring (bicyclic) bond motifs is 1. The first-order chi connectivity index (χ1) is 6.20. The van der Waals surface area contributed by atoms with Crippen molar-refractivity contribution in [1.82, 2.24) is 0 Å². The maximum atomic E-state index is 10.7. The number of carboxylic acids is 1. The van der Waals surface area contributed by atoms with E-state index < -0.39 is 5.97 Å². The van der Waals surface area contributed by atoms with Gasteiger partial charge in [-0.25, -0.2) is 0 Å². The molecule has 0 spiro atoms. The van der Waals surface area contributed by atoms with Crippen LogP contribution in [-0.4, -0.2) is 12.5 Å². The maximum absolute atomic E-state index is 10.7. The van der Waals surface area contributed by atoms with E-state index in [0.717, 1.165) is 34.4 Å². The fourth-order valence-electron chi connectivity index (χ4n) is 1.47. The van der Waals surface area contributed by atoms with Crippen molar-refractivity contribution in [2.45, 2.75) is 12.8 Å². The molecule has 2 heterocycles. The van der Waals surface area contributed by atoms with E-state index in [1.807, 2.05) is 0 Å². The van der Waals surface area contributed by atoms with Crippen LogP contribution in [0.2, 0.25) is 0 Å². The second kappa shape index (κ2) is 4.71. The molecule has 70 valence electrons. The standard InChI is InChI=1S/C8H8BrNO2S.Li/c9-7-4-2-1-3-10-5(4)6(13-7)8(11)12;/h10H,1-3H2,(H,11,12);/q;+1/p-1. The van der Waals surface area contributed by atoms with E-state index in [9.17, 15) is 9.90 Å². The van der Waals surface area contributed by atoms with Crippen LogP contribution in [0.25, 0.3) is 0 Å². The van der Waals surface area contributed by atoms with E-state index in [0.29, 0.717) is 4.88 Å². The summed E-state index contributed by atoms with van der Waals surface area (Å²) in [6, 6.07) is 0. The summed E-state index contributed by atoms with van der Waals surface area (Å²) in [5.41, 5.74) is 1.83. The summed E-state index contributed by atoms with van der Waals surface area (Å²) in [7, 11) is 0. The average molecular weight is 268 g/mol. The Kier molecular flexibility index (Phi) is 4.08. The second-order valence-electron chi connectivity index (χ2n) is 2.88. The number of carboxylic acid groups (broad SMARTS) is 1. The fourth-order valence-corrected chi connectivity index (χ4v) is 3.24. The van der Waals surface area contributed by atoms with Gasteiger partial charge in [0.25, 0.3) is 0 Å². The first-order valence-corrected chi connectivity index (χ1v) is 5.57. The third kappa shape index (κ3) is 2.01. The normalized spacial score (nSPS) is 13.8. The molecule has 0 saturated heterocycles. The molecule has 0 bridgehead atoms. The number of halogens is 1. The maximum Gasteiger partial charge on any atom is 1.00 e. The third-order valence-corrected chi connectivity index (χ3v) is 4.01. The van der Waals surface area contributed by atoms with Gasteiger partial charge in [-0.3, -0.25) is 0 Å². The van der Waals surface area contributed by atoms with Crippen molar-refractivity contribution in [2.24, 2.45) is 0 Å². The molecule has 0 aromatic carbocycles. The molecular formula is C8H7BrLiNO2S. The van der Waals surface area contributed by atoms with Crippen LogP contribution in [0.3, 0.4) is 0 Å². The van der Waals surface area contributed by atoms with Crippen LogP contribution in [0.4, 0.5) is 5.69 Å². The summed E-state index contributed by atoms with van der Waals surface area (Å²) in [6.45, 7) is 0.844. The Labute approximate surface area is 106 Å². The average Bonchev–Trinajstić information content (AvgIpc) is 2.45. The first-order valence-electron chi connectivity index (χ1n) is 3.96. The van der Waals surface area contributed by atoms with E-state index in [-0.39, 0.29) is 18.9 Å². The molecule has 14 heavy (non-hydrogen) atoms. The molecule has 3 nitrogen and oxygen atoms in total. The summed E-state index contributed by atoms with van der Waals surface area (Å²) in [5, 5.41) is 13.8. The van der Waals surface area contributed by atoms with Crippen molar-refractivity contribution in [3.8, 4) is 0 Å². The minimum Gasteiger partial charge on any atom is -0.544 e. The van der Waals surface area contributed by atoms with Gasteiger partial charge >= 0.3 is 18.9 Å². The molecule has 1 aromatic rings. The van der Waals surface area contributed by atoms with Crippen LogP contribution in [-0.2, 0) is 6.42 Å². The summed E-state index contributed by atoms with van der Waals surface area (Å²) in [6.07, 6.45) is 1.99. The zero-order valence-corrected chi connectivity index (χ0v) is 10.1. The zero-order chi connectivity index (χ0) is 9.42. The summed E-state index contributed by atoms with van der Waals surface area (Å²) >= 11 is 4.59. The smallest absolute Gasteiger partial charge is 0.544 e. The molecule has 1 aliphatic heterocycles. The molecule has 0 aliphatic carbocycles. The number of anilines is 1. The van der Waals surface area contributed by atoms with Crippen LogP contribution in [0.5, 0.6) is 0 Å². The van der Waals surface area contributed by atoms with Gasteiger partial charge in [0.15, 0.2) is 0 Å². The van der Waals surface area contributed by atoms with Crippen molar-refractivity contribution in [3.05, 3.63) is 14.2 Å². The molecule has 1 aliphatic rings. The number of hydrogen-bond donors (Lipinski definition) is 1. The quantitative estimate of drug-likeness (QED) is 0.614. The molecule has 0 unspecified atom stereocenters. The number of nitrogens with one attached hydrogen (secondary N) is 1. The van der Waals surface area contributed by atoms with E-state index >= 15 is 0 Å². The van der Waals surface area contributed by atoms with Gasteiger partial charge in [0.05, 0.1) is 20.3 Å². The predicted octanol–water partition coefficient (Wildman–Crippen LogP) is -1.76. The molecule has 0 amide bonds. The number of aromatic carboxylic acids is 1. The Morgan fingerprint density at radius 1 is 1.57 bits per heavy atom. The molecule has 6 heteroatoms. The molecule has 1 N–H and O–H groups in total. The third-order valence-electron chi connectivity index (χ3n) is 2.05. The second-order valence-corrected chi connectivity index (χ2v) is 5.21. The van der Waals surface area contributed by atoms with Crippen LogP contribution in [0.15, 0.2) is 3.79 Å². The van der Waals surface area contributed by atoms with Crippen LogP contribution >= 0.6 is 27.3 Å².